The fraction of sp³-hybridized carbons (Fsp3) is 0.0556. The fourth-order valence-corrected chi connectivity index (χ4v) is 3.83. The lowest BCUT2D eigenvalue weighted by molar-refractivity contribution is 0.570. The van der Waals surface area contributed by atoms with Gasteiger partial charge in [-0.1, -0.05) is 18.2 Å². The van der Waals surface area contributed by atoms with E-state index in [1.165, 1.54) is 12.1 Å². The Balaban J connectivity index is 1.61. The van der Waals surface area contributed by atoms with Gasteiger partial charge in [0, 0.05) is 11.3 Å². The number of aryl methyl sites for hydroxylation is 1. The smallest absolute Gasteiger partial charge is 0.264 e. The molecular weight excluding hydrogens is 369 g/mol. The molecule has 0 unspecified atom stereocenters. The Labute approximate surface area is 154 Å². The van der Waals surface area contributed by atoms with Gasteiger partial charge in [0.2, 0.25) is 0 Å². The molecule has 0 saturated heterocycles. The average Bonchev–Trinajstić information content (AvgIpc) is 3.11. The highest BCUT2D eigenvalue weighted by atomic mass is 32.2. The summed E-state index contributed by atoms with van der Waals surface area (Å²) in [5.41, 5.74) is 3.56. The first-order valence-corrected chi connectivity index (χ1v) is 9.46. The van der Waals surface area contributed by atoms with Crippen molar-refractivity contribution in [3.8, 4) is 11.3 Å². The first-order chi connectivity index (χ1) is 12.9. The molecule has 0 radical (unpaired) electrons. The summed E-state index contributed by atoms with van der Waals surface area (Å²) in [4.78, 5) is 8.27. The molecule has 0 saturated carbocycles. The van der Waals surface area contributed by atoms with E-state index in [2.05, 4.69) is 24.9 Å². The first kappa shape index (κ1) is 17.1. The van der Waals surface area contributed by atoms with Crippen molar-refractivity contribution in [3.63, 3.8) is 0 Å². The molecule has 27 heavy (non-hydrogen) atoms. The number of rotatable bonds is 4. The number of nitrogens with one attached hydrogen (secondary N) is 2. The van der Waals surface area contributed by atoms with Gasteiger partial charge in [0.25, 0.3) is 10.0 Å². The van der Waals surface area contributed by atoms with Gasteiger partial charge in [-0.2, -0.15) is 5.10 Å². The van der Waals surface area contributed by atoms with Crippen LogP contribution in [-0.2, 0) is 10.0 Å². The van der Waals surface area contributed by atoms with Gasteiger partial charge < -0.3 is 0 Å². The molecule has 9 heteroatoms. The van der Waals surface area contributed by atoms with Crippen molar-refractivity contribution in [2.24, 2.45) is 0 Å². The first-order valence-electron chi connectivity index (χ1n) is 7.98. The Bertz CT molecular complexity index is 1240. The molecular formula is C18H14FN5O2S. The number of anilines is 1. The summed E-state index contributed by atoms with van der Waals surface area (Å²) >= 11 is 0. The van der Waals surface area contributed by atoms with E-state index in [9.17, 15) is 12.8 Å². The summed E-state index contributed by atoms with van der Waals surface area (Å²) in [6, 6.07) is 10.5. The van der Waals surface area contributed by atoms with Crippen LogP contribution in [0, 0.1) is 12.7 Å². The van der Waals surface area contributed by atoms with E-state index < -0.39 is 15.8 Å². The van der Waals surface area contributed by atoms with E-state index >= 15 is 0 Å². The number of aromatic nitrogens is 4. The lowest BCUT2D eigenvalue weighted by Gasteiger charge is -2.10. The van der Waals surface area contributed by atoms with Crippen LogP contribution in [0.4, 0.5) is 10.1 Å². The van der Waals surface area contributed by atoms with Gasteiger partial charge in [-0.3, -0.25) is 9.82 Å². The molecule has 0 fully saturated rings. The standard InChI is InChI=1S/C18H14FN5O2S/c1-11-2-7-14(19)17(8-11)27(25,26)24-13-5-3-12(4-6-13)15-9-20-16-10-21-23-18(16)22-15/h2-10,24H,1H3,(H,21,22,23). The predicted octanol–water partition coefficient (Wildman–Crippen LogP) is 3.27. The predicted molar refractivity (Wildman–Crippen MR) is 99.1 cm³/mol. The van der Waals surface area contributed by atoms with Crippen molar-refractivity contribution in [1.82, 2.24) is 20.2 Å². The third-order valence-electron chi connectivity index (χ3n) is 3.97. The third-order valence-corrected chi connectivity index (χ3v) is 5.36. The van der Waals surface area contributed by atoms with Crippen LogP contribution in [0.15, 0.2) is 59.8 Å². The molecule has 2 aromatic carbocycles. The second-order valence-electron chi connectivity index (χ2n) is 5.98. The number of hydrogen-bond donors (Lipinski definition) is 2. The lowest BCUT2D eigenvalue weighted by atomic mass is 10.1. The molecule has 0 bridgehead atoms. The van der Waals surface area contributed by atoms with E-state index in [1.54, 1.807) is 43.6 Å². The van der Waals surface area contributed by atoms with Crippen LogP contribution in [0.3, 0.4) is 0 Å². The molecule has 2 heterocycles. The van der Waals surface area contributed by atoms with E-state index in [0.29, 0.717) is 28.1 Å². The van der Waals surface area contributed by atoms with Crippen LogP contribution in [-0.4, -0.2) is 28.6 Å². The summed E-state index contributed by atoms with van der Waals surface area (Å²) in [7, 11) is -4.03. The highest BCUT2D eigenvalue weighted by molar-refractivity contribution is 7.92. The van der Waals surface area contributed by atoms with Crippen LogP contribution < -0.4 is 4.72 Å². The van der Waals surface area contributed by atoms with Gasteiger partial charge >= 0.3 is 0 Å². The Kier molecular flexibility index (Phi) is 4.08. The molecule has 0 aliphatic rings. The average molecular weight is 383 g/mol. The van der Waals surface area contributed by atoms with Gasteiger partial charge in [-0.25, -0.2) is 22.8 Å². The lowest BCUT2D eigenvalue weighted by Crippen LogP contribution is -2.14. The normalized spacial score (nSPS) is 11.6. The maximum Gasteiger partial charge on any atom is 0.264 e. The Morgan fingerprint density at radius 2 is 1.85 bits per heavy atom. The van der Waals surface area contributed by atoms with Crippen molar-refractivity contribution in [2.75, 3.05) is 4.72 Å². The minimum absolute atomic E-state index is 0.315. The molecule has 7 nitrogen and oxygen atoms in total. The Morgan fingerprint density at radius 3 is 2.63 bits per heavy atom. The van der Waals surface area contributed by atoms with Crippen molar-refractivity contribution in [2.45, 2.75) is 11.8 Å². The molecule has 0 aliphatic heterocycles. The van der Waals surface area contributed by atoms with Gasteiger partial charge in [-0.05, 0) is 36.8 Å². The zero-order valence-electron chi connectivity index (χ0n) is 14.1. The van der Waals surface area contributed by atoms with E-state index in [-0.39, 0.29) is 4.90 Å². The maximum absolute atomic E-state index is 13.9. The molecule has 0 amide bonds. The summed E-state index contributed by atoms with van der Waals surface area (Å²) in [6.07, 6.45) is 3.19. The summed E-state index contributed by atoms with van der Waals surface area (Å²) in [6.45, 7) is 1.70. The molecule has 0 aliphatic carbocycles. The minimum Gasteiger partial charge on any atom is -0.280 e. The van der Waals surface area contributed by atoms with Crippen molar-refractivity contribution >= 4 is 26.9 Å². The largest absolute Gasteiger partial charge is 0.280 e. The van der Waals surface area contributed by atoms with Crippen LogP contribution in [0.5, 0.6) is 0 Å². The van der Waals surface area contributed by atoms with Gasteiger partial charge in [0.15, 0.2) is 5.65 Å². The zero-order valence-corrected chi connectivity index (χ0v) is 15.0. The molecule has 4 aromatic rings. The monoisotopic (exact) mass is 383 g/mol. The summed E-state index contributed by atoms with van der Waals surface area (Å²) in [5, 5.41) is 6.62. The summed E-state index contributed by atoms with van der Waals surface area (Å²) in [5.74, 6) is -0.798. The highest BCUT2D eigenvalue weighted by Crippen LogP contribution is 2.23. The second-order valence-corrected chi connectivity index (χ2v) is 7.63. The molecule has 0 atom stereocenters. The number of halogens is 1. The fourth-order valence-electron chi connectivity index (χ4n) is 2.60. The number of nitrogens with zero attached hydrogens (tertiary/aromatic N) is 3. The molecule has 0 spiro atoms. The Morgan fingerprint density at radius 1 is 1.07 bits per heavy atom. The quantitative estimate of drug-likeness (QED) is 0.563. The SMILES string of the molecule is Cc1ccc(F)c(S(=O)(=O)Nc2ccc(-c3cnc4cn[nH]c4n3)cc2)c1. The van der Waals surface area contributed by atoms with Crippen LogP contribution >= 0.6 is 0 Å². The van der Waals surface area contributed by atoms with Crippen molar-refractivity contribution in [3.05, 3.63) is 66.2 Å². The highest BCUT2D eigenvalue weighted by Gasteiger charge is 2.19. The molecule has 2 aromatic heterocycles. The number of sulfonamides is 1. The second kappa shape index (κ2) is 6.44. The number of benzene rings is 2. The van der Waals surface area contributed by atoms with Crippen LogP contribution in [0.25, 0.3) is 22.4 Å². The molecule has 4 rings (SSSR count). The number of H-pyrrole nitrogens is 1. The number of aromatic amines is 1. The van der Waals surface area contributed by atoms with Gasteiger partial charge in [-0.15, -0.1) is 0 Å². The minimum atomic E-state index is -4.03. The van der Waals surface area contributed by atoms with Crippen molar-refractivity contribution < 1.29 is 12.8 Å². The van der Waals surface area contributed by atoms with E-state index in [0.717, 1.165) is 11.6 Å². The molecule has 2 N–H and O–H groups in total. The van der Waals surface area contributed by atoms with Gasteiger partial charge in [0.1, 0.15) is 16.2 Å². The summed E-state index contributed by atoms with van der Waals surface area (Å²) < 4.78 is 41.2. The van der Waals surface area contributed by atoms with Crippen LogP contribution in [0.2, 0.25) is 0 Å². The van der Waals surface area contributed by atoms with E-state index in [1.807, 2.05) is 0 Å². The van der Waals surface area contributed by atoms with E-state index in [4.69, 9.17) is 0 Å². The topological polar surface area (TPSA) is 101 Å². The number of hydrogen-bond acceptors (Lipinski definition) is 5. The van der Waals surface area contributed by atoms with Crippen molar-refractivity contribution in [1.29, 1.82) is 0 Å². The Hall–Kier alpha value is -3.33. The third kappa shape index (κ3) is 3.36. The van der Waals surface area contributed by atoms with Gasteiger partial charge in [0.05, 0.1) is 18.1 Å². The number of fused-ring (bicyclic) bond motifs is 1. The van der Waals surface area contributed by atoms with Crippen LogP contribution in [0.1, 0.15) is 5.56 Å². The molecule has 136 valence electrons. The zero-order chi connectivity index (χ0) is 19.0. The maximum atomic E-state index is 13.9.